The van der Waals surface area contributed by atoms with E-state index in [9.17, 15) is 19.6 Å². The van der Waals surface area contributed by atoms with Gasteiger partial charge in [-0.3, -0.25) is 10.1 Å². The lowest BCUT2D eigenvalue weighted by atomic mass is 10.1. The van der Waals surface area contributed by atoms with Gasteiger partial charge in [-0.1, -0.05) is 12.1 Å². The third kappa shape index (κ3) is 3.76. The molecule has 1 N–H and O–H groups in total. The van der Waals surface area contributed by atoms with Crippen LogP contribution in [0, 0.1) is 15.9 Å². The molecule has 0 aliphatic carbocycles. The zero-order valence-electron chi connectivity index (χ0n) is 11.3. The molecular formula is C15H14FNO4. The Bertz CT molecular complexity index is 658. The number of rotatable bonds is 5. The van der Waals surface area contributed by atoms with Crippen LogP contribution in [0.5, 0.6) is 5.75 Å². The molecule has 110 valence electrons. The predicted molar refractivity (Wildman–Crippen MR) is 74.5 cm³/mol. The number of ether oxygens (including phenoxy) is 1. The molecule has 5 nitrogen and oxygen atoms in total. The third-order valence-electron chi connectivity index (χ3n) is 2.94. The van der Waals surface area contributed by atoms with E-state index in [1.54, 1.807) is 19.1 Å². The van der Waals surface area contributed by atoms with Crippen LogP contribution >= 0.6 is 0 Å². The van der Waals surface area contributed by atoms with Crippen LogP contribution < -0.4 is 4.74 Å². The van der Waals surface area contributed by atoms with Crippen molar-refractivity contribution in [2.75, 3.05) is 0 Å². The topological polar surface area (TPSA) is 72.6 Å². The van der Waals surface area contributed by atoms with Crippen molar-refractivity contribution in [1.29, 1.82) is 0 Å². The molecule has 2 aromatic rings. The Morgan fingerprint density at radius 2 is 2.10 bits per heavy atom. The number of benzene rings is 2. The first-order chi connectivity index (χ1) is 9.97. The number of nitrogens with zero attached hydrogens (tertiary/aromatic N) is 1. The normalized spacial score (nSPS) is 12.0. The summed E-state index contributed by atoms with van der Waals surface area (Å²) in [5.41, 5.74) is 1.01. The molecule has 0 amide bonds. The molecule has 0 spiro atoms. The summed E-state index contributed by atoms with van der Waals surface area (Å²) in [6.07, 6.45) is -0.800. The maximum absolute atomic E-state index is 13.3. The highest BCUT2D eigenvalue weighted by atomic mass is 19.1. The quantitative estimate of drug-likeness (QED) is 0.677. The highest BCUT2D eigenvalue weighted by Crippen LogP contribution is 2.27. The average Bonchev–Trinajstić information content (AvgIpc) is 2.45. The monoisotopic (exact) mass is 291 g/mol. The molecule has 0 saturated carbocycles. The molecule has 2 aromatic carbocycles. The fraction of sp³-hybridized carbons (Fsp3) is 0.200. The second kappa shape index (κ2) is 6.32. The number of nitro groups is 1. The fourth-order valence-corrected chi connectivity index (χ4v) is 1.90. The SMILES string of the molecule is C[C@@H](O)c1ccc(F)cc1OCc1cccc([N+](=O)[O-])c1. The van der Waals surface area contributed by atoms with Gasteiger partial charge in [-0.05, 0) is 24.6 Å². The van der Waals surface area contributed by atoms with E-state index in [1.807, 2.05) is 0 Å². The molecule has 0 aliphatic heterocycles. The van der Waals surface area contributed by atoms with Crippen LogP contribution in [0.15, 0.2) is 42.5 Å². The molecule has 21 heavy (non-hydrogen) atoms. The van der Waals surface area contributed by atoms with Crippen molar-refractivity contribution >= 4 is 5.69 Å². The minimum atomic E-state index is -0.800. The van der Waals surface area contributed by atoms with Gasteiger partial charge in [0.1, 0.15) is 18.2 Å². The molecule has 0 unspecified atom stereocenters. The van der Waals surface area contributed by atoms with Gasteiger partial charge >= 0.3 is 0 Å². The van der Waals surface area contributed by atoms with E-state index in [0.717, 1.165) is 0 Å². The zero-order chi connectivity index (χ0) is 15.4. The van der Waals surface area contributed by atoms with E-state index in [2.05, 4.69) is 0 Å². The Hall–Kier alpha value is -2.47. The largest absolute Gasteiger partial charge is 0.488 e. The highest BCUT2D eigenvalue weighted by Gasteiger charge is 2.11. The Kier molecular flexibility index (Phi) is 4.49. The first-order valence-electron chi connectivity index (χ1n) is 6.31. The molecule has 0 fully saturated rings. The summed E-state index contributed by atoms with van der Waals surface area (Å²) in [6.45, 7) is 1.60. The lowest BCUT2D eigenvalue weighted by Crippen LogP contribution is -2.02. The molecular weight excluding hydrogens is 277 g/mol. The predicted octanol–water partition coefficient (Wildman–Crippen LogP) is 3.37. The Morgan fingerprint density at radius 1 is 1.33 bits per heavy atom. The highest BCUT2D eigenvalue weighted by molar-refractivity contribution is 5.37. The molecule has 0 radical (unpaired) electrons. The number of non-ortho nitro benzene ring substituents is 1. The molecule has 0 aromatic heterocycles. The van der Waals surface area contributed by atoms with Crippen LogP contribution in [0.2, 0.25) is 0 Å². The molecule has 2 rings (SSSR count). The zero-order valence-corrected chi connectivity index (χ0v) is 11.3. The van der Waals surface area contributed by atoms with E-state index < -0.39 is 16.8 Å². The molecule has 1 atom stereocenters. The van der Waals surface area contributed by atoms with Crippen LogP contribution in [0.3, 0.4) is 0 Å². The second-order valence-corrected chi connectivity index (χ2v) is 4.57. The van der Waals surface area contributed by atoms with Crippen molar-refractivity contribution in [1.82, 2.24) is 0 Å². The molecule has 0 bridgehead atoms. The summed E-state index contributed by atoms with van der Waals surface area (Å²) >= 11 is 0. The summed E-state index contributed by atoms with van der Waals surface area (Å²) in [6, 6.07) is 9.87. The Labute approximate surface area is 120 Å². The van der Waals surface area contributed by atoms with Crippen molar-refractivity contribution in [2.45, 2.75) is 19.6 Å². The summed E-state index contributed by atoms with van der Waals surface area (Å²) in [7, 11) is 0. The number of nitro benzene ring substituents is 1. The molecule has 0 aliphatic rings. The van der Waals surface area contributed by atoms with Crippen LogP contribution in [0.1, 0.15) is 24.2 Å². The number of aliphatic hydroxyl groups excluding tert-OH is 1. The van der Waals surface area contributed by atoms with Gasteiger partial charge in [0.25, 0.3) is 5.69 Å². The molecule has 6 heteroatoms. The van der Waals surface area contributed by atoms with E-state index in [4.69, 9.17) is 4.74 Å². The van der Waals surface area contributed by atoms with Crippen LogP contribution in [0.4, 0.5) is 10.1 Å². The average molecular weight is 291 g/mol. The first kappa shape index (κ1) is 14.9. The summed E-state index contributed by atoms with van der Waals surface area (Å²) < 4.78 is 18.7. The maximum atomic E-state index is 13.3. The number of halogens is 1. The molecule has 0 saturated heterocycles. The van der Waals surface area contributed by atoms with Gasteiger partial charge in [-0.2, -0.15) is 0 Å². The van der Waals surface area contributed by atoms with Gasteiger partial charge in [0, 0.05) is 23.8 Å². The van der Waals surface area contributed by atoms with E-state index in [1.165, 1.54) is 30.3 Å². The van der Waals surface area contributed by atoms with Gasteiger partial charge < -0.3 is 9.84 Å². The maximum Gasteiger partial charge on any atom is 0.269 e. The minimum absolute atomic E-state index is 0.0360. The Morgan fingerprint density at radius 3 is 2.76 bits per heavy atom. The Balaban J connectivity index is 2.18. The first-order valence-corrected chi connectivity index (χ1v) is 6.31. The number of hydrogen-bond donors (Lipinski definition) is 1. The fourth-order valence-electron chi connectivity index (χ4n) is 1.90. The smallest absolute Gasteiger partial charge is 0.269 e. The van der Waals surface area contributed by atoms with Gasteiger partial charge in [0.2, 0.25) is 0 Å². The van der Waals surface area contributed by atoms with Gasteiger partial charge in [-0.15, -0.1) is 0 Å². The van der Waals surface area contributed by atoms with Crippen LogP contribution in [-0.2, 0) is 6.61 Å². The van der Waals surface area contributed by atoms with Gasteiger partial charge in [0.05, 0.1) is 11.0 Å². The minimum Gasteiger partial charge on any atom is -0.488 e. The number of aliphatic hydroxyl groups is 1. The van der Waals surface area contributed by atoms with Crippen molar-refractivity contribution in [3.8, 4) is 5.75 Å². The van der Waals surface area contributed by atoms with E-state index in [-0.39, 0.29) is 18.0 Å². The van der Waals surface area contributed by atoms with Crippen molar-refractivity contribution < 1.29 is 19.2 Å². The lowest BCUT2D eigenvalue weighted by Gasteiger charge is -2.13. The van der Waals surface area contributed by atoms with Crippen LogP contribution in [0.25, 0.3) is 0 Å². The van der Waals surface area contributed by atoms with Gasteiger partial charge in [0.15, 0.2) is 0 Å². The van der Waals surface area contributed by atoms with Crippen LogP contribution in [-0.4, -0.2) is 10.0 Å². The van der Waals surface area contributed by atoms with Gasteiger partial charge in [-0.25, -0.2) is 4.39 Å². The third-order valence-corrected chi connectivity index (χ3v) is 2.94. The summed E-state index contributed by atoms with van der Waals surface area (Å²) in [5.74, 6) is -0.259. The summed E-state index contributed by atoms with van der Waals surface area (Å²) in [5, 5.41) is 20.3. The second-order valence-electron chi connectivity index (χ2n) is 4.57. The van der Waals surface area contributed by atoms with Crippen molar-refractivity contribution in [3.63, 3.8) is 0 Å². The number of hydrogen-bond acceptors (Lipinski definition) is 4. The summed E-state index contributed by atoms with van der Waals surface area (Å²) in [4.78, 5) is 10.2. The van der Waals surface area contributed by atoms with Crippen molar-refractivity contribution in [2.24, 2.45) is 0 Å². The van der Waals surface area contributed by atoms with E-state index >= 15 is 0 Å². The van der Waals surface area contributed by atoms with E-state index in [0.29, 0.717) is 11.1 Å². The standard InChI is InChI=1S/C15H14FNO4/c1-10(18)14-6-5-12(16)8-15(14)21-9-11-3-2-4-13(7-11)17(19)20/h2-8,10,18H,9H2,1H3/t10-/m1/s1. The van der Waals surface area contributed by atoms with Crippen molar-refractivity contribution in [3.05, 3.63) is 69.5 Å². The lowest BCUT2D eigenvalue weighted by molar-refractivity contribution is -0.384. The molecule has 0 heterocycles.